The maximum Gasteiger partial charge on any atom is 0.242 e. The molecule has 4 nitrogen and oxygen atoms in total. The van der Waals surface area contributed by atoms with E-state index in [1.54, 1.807) is 11.8 Å². The van der Waals surface area contributed by atoms with Gasteiger partial charge in [-0.1, -0.05) is 15.9 Å². The Morgan fingerprint density at radius 3 is 2.53 bits per heavy atom. The SMILES string of the molecule is CC(C)NC(=O)C(C)N1CCC(Br)C1=O. The molecule has 0 aromatic rings. The molecule has 1 aliphatic rings. The normalized spacial score (nSPS) is 23.4. The van der Waals surface area contributed by atoms with Gasteiger partial charge in [0.1, 0.15) is 6.04 Å². The Morgan fingerprint density at radius 2 is 2.13 bits per heavy atom. The van der Waals surface area contributed by atoms with Gasteiger partial charge in [-0.15, -0.1) is 0 Å². The minimum Gasteiger partial charge on any atom is -0.352 e. The van der Waals surface area contributed by atoms with E-state index in [9.17, 15) is 9.59 Å². The van der Waals surface area contributed by atoms with Gasteiger partial charge in [0.2, 0.25) is 11.8 Å². The molecular weight excluding hydrogens is 260 g/mol. The average molecular weight is 277 g/mol. The fourth-order valence-corrected chi connectivity index (χ4v) is 2.06. The van der Waals surface area contributed by atoms with Crippen LogP contribution < -0.4 is 5.32 Å². The Hall–Kier alpha value is -0.580. The topological polar surface area (TPSA) is 49.4 Å². The first-order valence-electron chi connectivity index (χ1n) is 5.18. The molecule has 86 valence electrons. The van der Waals surface area contributed by atoms with Crippen molar-refractivity contribution >= 4 is 27.7 Å². The van der Waals surface area contributed by atoms with Crippen molar-refractivity contribution in [3.63, 3.8) is 0 Å². The van der Waals surface area contributed by atoms with E-state index < -0.39 is 0 Å². The van der Waals surface area contributed by atoms with Crippen molar-refractivity contribution in [1.82, 2.24) is 10.2 Å². The van der Waals surface area contributed by atoms with Crippen molar-refractivity contribution in [2.75, 3.05) is 6.54 Å². The van der Waals surface area contributed by atoms with E-state index in [4.69, 9.17) is 0 Å². The molecule has 1 fully saturated rings. The van der Waals surface area contributed by atoms with E-state index in [2.05, 4.69) is 21.2 Å². The van der Waals surface area contributed by atoms with Crippen LogP contribution in [0.1, 0.15) is 27.2 Å². The average Bonchev–Trinajstić information content (AvgIpc) is 2.45. The summed E-state index contributed by atoms with van der Waals surface area (Å²) < 4.78 is 0. The highest BCUT2D eigenvalue weighted by Crippen LogP contribution is 2.20. The molecule has 0 aromatic carbocycles. The number of hydrogen-bond acceptors (Lipinski definition) is 2. The van der Waals surface area contributed by atoms with Crippen molar-refractivity contribution in [3.8, 4) is 0 Å². The molecule has 2 amide bonds. The first-order chi connectivity index (χ1) is 6.93. The fourth-order valence-electron chi connectivity index (χ4n) is 1.60. The summed E-state index contributed by atoms with van der Waals surface area (Å²) in [5.74, 6) is -0.0682. The summed E-state index contributed by atoms with van der Waals surface area (Å²) in [5.41, 5.74) is 0. The number of carbonyl (C=O) groups is 2. The van der Waals surface area contributed by atoms with Gasteiger partial charge in [0.25, 0.3) is 0 Å². The van der Waals surface area contributed by atoms with Gasteiger partial charge in [0.05, 0.1) is 4.83 Å². The third-order valence-electron chi connectivity index (χ3n) is 2.45. The molecular formula is C10H17BrN2O2. The van der Waals surface area contributed by atoms with Crippen LogP contribution in [0.4, 0.5) is 0 Å². The largest absolute Gasteiger partial charge is 0.352 e. The second-order valence-electron chi connectivity index (χ2n) is 4.13. The highest BCUT2D eigenvalue weighted by Gasteiger charge is 2.35. The first-order valence-corrected chi connectivity index (χ1v) is 6.10. The molecule has 0 saturated carbocycles. The summed E-state index contributed by atoms with van der Waals surface area (Å²) in [7, 11) is 0. The zero-order valence-electron chi connectivity index (χ0n) is 9.29. The van der Waals surface area contributed by atoms with Gasteiger partial charge in [-0.3, -0.25) is 9.59 Å². The summed E-state index contributed by atoms with van der Waals surface area (Å²) in [6, 6.07) is -0.264. The van der Waals surface area contributed by atoms with Gasteiger partial charge < -0.3 is 10.2 Å². The lowest BCUT2D eigenvalue weighted by Gasteiger charge is -2.24. The lowest BCUT2D eigenvalue weighted by atomic mass is 10.2. The lowest BCUT2D eigenvalue weighted by Crippen LogP contribution is -2.48. The van der Waals surface area contributed by atoms with E-state index in [0.29, 0.717) is 6.54 Å². The highest BCUT2D eigenvalue weighted by molar-refractivity contribution is 9.10. The van der Waals surface area contributed by atoms with Crippen molar-refractivity contribution < 1.29 is 9.59 Å². The van der Waals surface area contributed by atoms with Gasteiger partial charge in [0, 0.05) is 12.6 Å². The van der Waals surface area contributed by atoms with E-state index in [1.807, 2.05) is 13.8 Å². The van der Waals surface area contributed by atoms with Gasteiger partial charge in [-0.25, -0.2) is 0 Å². The lowest BCUT2D eigenvalue weighted by molar-refractivity contribution is -0.136. The molecule has 1 rings (SSSR count). The number of carbonyl (C=O) groups excluding carboxylic acids is 2. The predicted octanol–water partition coefficient (Wildman–Crippen LogP) is 0.895. The minimum atomic E-state index is -0.373. The second kappa shape index (κ2) is 4.96. The number of halogens is 1. The Balaban J connectivity index is 2.57. The van der Waals surface area contributed by atoms with Crippen LogP contribution in [0.3, 0.4) is 0 Å². The predicted molar refractivity (Wildman–Crippen MR) is 61.8 cm³/mol. The van der Waals surface area contributed by atoms with Crippen LogP contribution in [0, 0.1) is 0 Å². The first kappa shape index (κ1) is 12.5. The zero-order chi connectivity index (χ0) is 11.6. The number of rotatable bonds is 3. The number of amides is 2. The van der Waals surface area contributed by atoms with Crippen molar-refractivity contribution in [3.05, 3.63) is 0 Å². The Bertz CT molecular complexity index is 268. The molecule has 1 heterocycles. The summed E-state index contributed by atoms with van der Waals surface area (Å²) in [6.07, 6.45) is 0.776. The maximum atomic E-state index is 11.7. The van der Waals surface area contributed by atoms with E-state index in [0.717, 1.165) is 6.42 Å². The maximum absolute atomic E-state index is 11.7. The number of hydrogen-bond donors (Lipinski definition) is 1. The van der Waals surface area contributed by atoms with Crippen molar-refractivity contribution in [2.24, 2.45) is 0 Å². The molecule has 2 atom stereocenters. The van der Waals surface area contributed by atoms with Crippen LogP contribution in [0.15, 0.2) is 0 Å². The fraction of sp³-hybridized carbons (Fsp3) is 0.800. The Kier molecular flexibility index (Phi) is 4.13. The number of alkyl halides is 1. The Labute approximate surface area is 98.5 Å². The molecule has 1 aliphatic heterocycles. The standard InChI is InChI=1S/C10H17BrN2O2/c1-6(2)12-9(14)7(3)13-5-4-8(11)10(13)15/h6-8H,4-5H2,1-3H3,(H,12,14). The molecule has 1 N–H and O–H groups in total. The molecule has 1 saturated heterocycles. The molecule has 15 heavy (non-hydrogen) atoms. The number of nitrogens with zero attached hydrogens (tertiary/aromatic N) is 1. The molecule has 5 heteroatoms. The van der Waals surface area contributed by atoms with Crippen LogP contribution in [-0.2, 0) is 9.59 Å². The number of nitrogens with one attached hydrogen (secondary N) is 1. The third kappa shape index (κ3) is 2.93. The van der Waals surface area contributed by atoms with Crippen LogP contribution in [-0.4, -0.2) is 40.2 Å². The molecule has 0 spiro atoms. The summed E-state index contributed by atoms with van der Waals surface area (Å²) >= 11 is 3.29. The summed E-state index contributed by atoms with van der Waals surface area (Å²) in [5, 5.41) is 2.81. The van der Waals surface area contributed by atoms with Crippen molar-refractivity contribution in [2.45, 2.75) is 44.1 Å². The van der Waals surface area contributed by atoms with E-state index in [1.165, 1.54) is 0 Å². The summed E-state index contributed by atoms with van der Waals surface area (Å²) in [6.45, 7) is 6.23. The molecule has 0 radical (unpaired) electrons. The molecule has 0 aromatic heterocycles. The van der Waals surface area contributed by atoms with Crippen LogP contribution in [0.25, 0.3) is 0 Å². The quantitative estimate of drug-likeness (QED) is 0.779. The Morgan fingerprint density at radius 1 is 1.53 bits per heavy atom. The van der Waals surface area contributed by atoms with Gasteiger partial charge in [-0.05, 0) is 27.2 Å². The van der Waals surface area contributed by atoms with Gasteiger partial charge in [-0.2, -0.15) is 0 Å². The van der Waals surface area contributed by atoms with E-state index >= 15 is 0 Å². The van der Waals surface area contributed by atoms with Crippen LogP contribution >= 0.6 is 15.9 Å². The highest BCUT2D eigenvalue weighted by atomic mass is 79.9. The number of likely N-dealkylation sites (tertiary alicyclic amines) is 1. The van der Waals surface area contributed by atoms with Crippen LogP contribution in [0.2, 0.25) is 0 Å². The molecule has 2 unspecified atom stereocenters. The molecule has 0 aliphatic carbocycles. The smallest absolute Gasteiger partial charge is 0.242 e. The van der Waals surface area contributed by atoms with Gasteiger partial charge in [0.15, 0.2) is 0 Å². The van der Waals surface area contributed by atoms with Crippen LogP contribution in [0.5, 0.6) is 0 Å². The molecule has 0 bridgehead atoms. The van der Waals surface area contributed by atoms with E-state index in [-0.39, 0.29) is 28.7 Å². The third-order valence-corrected chi connectivity index (χ3v) is 3.30. The monoisotopic (exact) mass is 276 g/mol. The van der Waals surface area contributed by atoms with Crippen molar-refractivity contribution in [1.29, 1.82) is 0 Å². The minimum absolute atomic E-state index is 0.0152. The summed E-state index contributed by atoms with van der Waals surface area (Å²) in [4.78, 5) is 24.8. The van der Waals surface area contributed by atoms with Gasteiger partial charge >= 0.3 is 0 Å². The zero-order valence-corrected chi connectivity index (χ0v) is 10.9. The second-order valence-corrected chi connectivity index (χ2v) is 5.23.